The van der Waals surface area contributed by atoms with Gasteiger partial charge in [0.2, 0.25) is 11.8 Å². The van der Waals surface area contributed by atoms with Crippen molar-refractivity contribution < 1.29 is 9.32 Å². The second-order valence-electron chi connectivity index (χ2n) is 6.58. The van der Waals surface area contributed by atoms with E-state index in [9.17, 15) is 4.79 Å². The quantitative estimate of drug-likeness (QED) is 0.889. The summed E-state index contributed by atoms with van der Waals surface area (Å²) in [6, 6.07) is 1.79. The fraction of sp³-hybridized carbons (Fsp3) is 0.533. The SMILES string of the molecule is CC(C)(C)c1cc(NC(=O)C2CCc3nc[nH]c3C2)on1. The van der Waals surface area contributed by atoms with Crippen molar-refractivity contribution in [3.8, 4) is 0 Å². The number of hydrogen-bond donors (Lipinski definition) is 2. The van der Waals surface area contributed by atoms with Crippen LogP contribution in [0, 0.1) is 5.92 Å². The third-order valence-corrected chi connectivity index (χ3v) is 3.88. The van der Waals surface area contributed by atoms with Crippen molar-refractivity contribution >= 4 is 11.8 Å². The van der Waals surface area contributed by atoms with Gasteiger partial charge in [-0.2, -0.15) is 0 Å². The van der Waals surface area contributed by atoms with Crippen LogP contribution >= 0.6 is 0 Å². The molecule has 112 valence electrons. The molecule has 1 unspecified atom stereocenters. The maximum Gasteiger partial charge on any atom is 0.231 e. The summed E-state index contributed by atoms with van der Waals surface area (Å²) in [7, 11) is 0. The van der Waals surface area contributed by atoms with E-state index in [0.29, 0.717) is 12.3 Å². The lowest BCUT2D eigenvalue weighted by atomic mass is 9.89. The van der Waals surface area contributed by atoms with Gasteiger partial charge in [0.15, 0.2) is 0 Å². The highest BCUT2D eigenvalue weighted by atomic mass is 16.5. The van der Waals surface area contributed by atoms with Crippen molar-refractivity contribution in [2.24, 2.45) is 5.92 Å². The third kappa shape index (κ3) is 2.84. The molecule has 1 amide bonds. The molecule has 2 aromatic heterocycles. The van der Waals surface area contributed by atoms with Gasteiger partial charge in [-0.1, -0.05) is 25.9 Å². The molecule has 0 aliphatic heterocycles. The summed E-state index contributed by atoms with van der Waals surface area (Å²) < 4.78 is 5.20. The van der Waals surface area contributed by atoms with Crippen molar-refractivity contribution in [2.45, 2.75) is 45.4 Å². The average molecular weight is 288 g/mol. The van der Waals surface area contributed by atoms with Gasteiger partial charge in [0.05, 0.1) is 17.7 Å². The van der Waals surface area contributed by atoms with Crippen molar-refractivity contribution in [2.75, 3.05) is 5.32 Å². The van der Waals surface area contributed by atoms with Crippen LogP contribution in [-0.4, -0.2) is 21.0 Å². The molecule has 0 spiro atoms. The molecule has 1 aliphatic carbocycles. The number of anilines is 1. The summed E-state index contributed by atoms with van der Waals surface area (Å²) in [6.45, 7) is 6.16. The topological polar surface area (TPSA) is 83.8 Å². The second-order valence-corrected chi connectivity index (χ2v) is 6.58. The van der Waals surface area contributed by atoms with Crippen LogP contribution in [0.3, 0.4) is 0 Å². The van der Waals surface area contributed by atoms with E-state index in [1.54, 1.807) is 12.4 Å². The first kappa shape index (κ1) is 13.9. The molecule has 1 atom stereocenters. The summed E-state index contributed by atoms with van der Waals surface area (Å²) in [6.07, 6.45) is 4.03. The van der Waals surface area contributed by atoms with Crippen molar-refractivity contribution in [1.82, 2.24) is 15.1 Å². The molecule has 2 N–H and O–H groups in total. The van der Waals surface area contributed by atoms with E-state index in [0.717, 1.165) is 29.9 Å². The summed E-state index contributed by atoms with van der Waals surface area (Å²) in [4.78, 5) is 19.7. The highest BCUT2D eigenvalue weighted by Gasteiger charge is 2.27. The molecular weight excluding hydrogens is 268 g/mol. The number of aryl methyl sites for hydroxylation is 1. The Hall–Kier alpha value is -2.11. The minimum atomic E-state index is -0.0951. The molecule has 2 heterocycles. The van der Waals surface area contributed by atoms with E-state index < -0.39 is 0 Å². The normalized spacial score (nSPS) is 18.3. The zero-order chi connectivity index (χ0) is 15.0. The average Bonchev–Trinajstić information content (AvgIpc) is 3.04. The number of carbonyl (C=O) groups is 1. The monoisotopic (exact) mass is 288 g/mol. The Morgan fingerprint density at radius 2 is 2.29 bits per heavy atom. The van der Waals surface area contributed by atoms with Gasteiger partial charge in [-0.05, 0) is 12.8 Å². The molecule has 0 saturated carbocycles. The van der Waals surface area contributed by atoms with Crippen LogP contribution in [-0.2, 0) is 23.1 Å². The summed E-state index contributed by atoms with van der Waals surface area (Å²) in [5, 5.41) is 6.83. The number of amides is 1. The standard InChI is InChI=1S/C15H20N4O2/c1-15(2,3)12-7-13(21-19-12)18-14(20)9-4-5-10-11(6-9)17-8-16-10/h7-9H,4-6H2,1-3H3,(H,16,17)(H,18,20). The lowest BCUT2D eigenvalue weighted by Crippen LogP contribution is -2.28. The van der Waals surface area contributed by atoms with Crippen molar-refractivity contribution in [3.05, 3.63) is 29.5 Å². The molecule has 0 saturated heterocycles. The second kappa shape index (κ2) is 5.02. The first-order valence-electron chi connectivity index (χ1n) is 7.22. The summed E-state index contributed by atoms with van der Waals surface area (Å²) in [5.41, 5.74) is 2.88. The fourth-order valence-electron chi connectivity index (χ4n) is 2.54. The van der Waals surface area contributed by atoms with Crippen LogP contribution in [0.2, 0.25) is 0 Å². The zero-order valence-corrected chi connectivity index (χ0v) is 12.6. The molecular formula is C15H20N4O2. The molecule has 0 fully saturated rings. The smallest absolute Gasteiger partial charge is 0.231 e. The highest BCUT2D eigenvalue weighted by Crippen LogP contribution is 2.26. The molecule has 2 aromatic rings. The van der Waals surface area contributed by atoms with Gasteiger partial charge in [-0.15, -0.1) is 0 Å². The largest absolute Gasteiger partial charge is 0.348 e. The van der Waals surface area contributed by atoms with Crippen LogP contribution in [0.4, 0.5) is 5.88 Å². The Morgan fingerprint density at radius 3 is 3.00 bits per heavy atom. The maximum atomic E-state index is 12.3. The number of nitrogens with one attached hydrogen (secondary N) is 2. The van der Waals surface area contributed by atoms with Gasteiger partial charge in [0.25, 0.3) is 0 Å². The number of aromatic amines is 1. The predicted molar refractivity (Wildman–Crippen MR) is 77.9 cm³/mol. The Balaban J connectivity index is 1.66. The molecule has 6 nitrogen and oxygen atoms in total. The molecule has 0 aromatic carbocycles. The van der Waals surface area contributed by atoms with Gasteiger partial charge in [-0.25, -0.2) is 4.98 Å². The van der Waals surface area contributed by atoms with Gasteiger partial charge in [0, 0.05) is 29.5 Å². The molecule has 1 aliphatic rings. The number of H-pyrrole nitrogens is 1. The van der Waals surface area contributed by atoms with Crippen LogP contribution in [0.15, 0.2) is 16.9 Å². The minimum Gasteiger partial charge on any atom is -0.348 e. The van der Waals surface area contributed by atoms with Crippen LogP contribution in [0.1, 0.15) is 44.3 Å². The molecule has 3 rings (SSSR count). The summed E-state index contributed by atoms with van der Waals surface area (Å²) in [5.74, 6) is 0.341. The number of hydrogen-bond acceptors (Lipinski definition) is 4. The van der Waals surface area contributed by atoms with Crippen molar-refractivity contribution in [1.29, 1.82) is 0 Å². The highest BCUT2D eigenvalue weighted by molar-refractivity contribution is 5.91. The number of fused-ring (bicyclic) bond motifs is 1. The number of carbonyl (C=O) groups excluding carboxylic acids is 1. The first-order valence-corrected chi connectivity index (χ1v) is 7.22. The Morgan fingerprint density at radius 1 is 1.48 bits per heavy atom. The molecule has 6 heteroatoms. The molecule has 0 radical (unpaired) electrons. The van der Waals surface area contributed by atoms with E-state index in [2.05, 4.69) is 41.2 Å². The van der Waals surface area contributed by atoms with E-state index in [4.69, 9.17) is 4.52 Å². The van der Waals surface area contributed by atoms with E-state index in [-0.39, 0.29) is 17.2 Å². The van der Waals surface area contributed by atoms with Gasteiger partial charge < -0.3 is 9.51 Å². The fourth-order valence-corrected chi connectivity index (χ4v) is 2.54. The number of imidazole rings is 1. The van der Waals surface area contributed by atoms with Crippen LogP contribution in [0.5, 0.6) is 0 Å². The lowest BCUT2D eigenvalue weighted by Gasteiger charge is -2.19. The number of nitrogens with zero attached hydrogens (tertiary/aromatic N) is 2. The van der Waals surface area contributed by atoms with E-state index >= 15 is 0 Å². The molecule has 0 bridgehead atoms. The van der Waals surface area contributed by atoms with Gasteiger partial charge >= 0.3 is 0 Å². The summed E-state index contributed by atoms with van der Waals surface area (Å²) >= 11 is 0. The van der Waals surface area contributed by atoms with E-state index in [1.807, 2.05) is 0 Å². The van der Waals surface area contributed by atoms with Gasteiger partial charge in [-0.3, -0.25) is 10.1 Å². The number of aromatic nitrogens is 3. The zero-order valence-electron chi connectivity index (χ0n) is 12.6. The maximum absolute atomic E-state index is 12.3. The Bertz CT molecular complexity index is 651. The van der Waals surface area contributed by atoms with Crippen LogP contribution in [0.25, 0.3) is 0 Å². The Kier molecular flexibility index (Phi) is 3.31. The first-order chi connectivity index (χ1) is 9.93. The Labute approximate surface area is 123 Å². The number of rotatable bonds is 2. The van der Waals surface area contributed by atoms with Crippen LogP contribution < -0.4 is 5.32 Å². The van der Waals surface area contributed by atoms with Crippen molar-refractivity contribution in [3.63, 3.8) is 0 Å². The molecule has 21 heavy (non-hydrogen) atoms. The van der Waals surface area contributed by atoms with Gasteiger partial charge in [0.1, 0.15) is 0 Å². The van der Waals surface area contributed by atoms with E-state index in [1.165, 1.54) is 0 Å². The third-order valence-electron chi connectivity index (χ3n) is 3.88. The predicted octanol–water partition coefficient (Wildman–Crippen LogP) is 2.44. The lowest BCUT2D eigenvalue weighted by molar-refractivity contribution is -0.120. The minimum absolute atomic E-state index is 0.0214.